The highest BCUT2D eigenvalue weighted by Crippen LogP contribution is 1.93. The molecule has 0 fully saturated rings. The van der Waals surface area contributed by atoms with Gasteiger partial charge >= 0.3 is 5.69 Å². The minimum absolute atomic E-state index is 0.428. The van der Waals surface area contributed by atoms with Crippen LogP contribution in [0, 0.1) is 0 Å². The summed E-state index contributed by atoms with van der Waals surface area (Å²) in [7, 11) is 4.04. The monoisotopic (exact) mass is 197 g/mol. The third-order valence-corrected chi connectivity index (χ3v) is 1.66. The molecule has 0 amide bonds. The first-order chi connectivity index (χ1) is 6.68. The normalized spacial score (nSPS) is 10.5. The number of hydrogen-bond acceptors (Lipinski definition) is 5. The van der Waals surface area contributed by atoms with Crippen molar-refractivity contribution in [3.05, 3.63) is 16.7 Å². The SMILES string of the molecule is CN(C)CCCNc1cn[nH]c(=O)n1. The van der Waals surface area contributed by atoms with Crippen molar-refractivity contribution in [2.45, 2.75) is 6.42 Å². The molecule has 0 spiro atoms. The Kier molecular flexibility index (Phi) is 4.06. The second kappa shape index (κ2) is 5.33. The smallest absolute Gasteiger partial charge is 0.363 e. The molecule has 1 aromatic rings. The number of anilines is 1. The van der Waals surface area contributed by atoms with Crippen LogP contribution in [0.2, 0.25) is 0 Å². The van der Waals surface area contributed by atoms with E-state index in [0.717, 1.165) is 19.5 Å². The van der Waals surface area contributed by atoms with Crippen LogP contribution in [0.5, 0.6) is 0 Å². The molecule has 0 atom stereocenters. The lowest BCUT2D eigenvalue weighted by Crippen LogP contribution is -2.18. The lowest BCUT2D eigenvalue weighted by molar-refractivity contribution is 0.405. The van der Waals surface area contributed by atoms with Crippen molar-refractivity contribution in [2.24, 2.45) is 0 Å². The third kappa shape index (κ3) is 3.99. The first-order valence-electron chi connectivity index (χ1n) is 4.49. The fraction of sp³-hybridized carbons (Fsp3) is 0.625. The zero-order valence-electron chi connectivity index (χ0n) is 8.45. The zero-order chi connectivity index (χ0) is 10.4. The molecular weight excluding hydrogens is 182 g/mol. The topological polar surface area (TPSA) is 73.9 Å². The van der Waals surface area contributed by atoms with Gasteiger partial charge in [-0.1, -0.05) is 0 Å². The van der Waals surface area contributed by atoms with Gasteiger partial charge in [-0.3, -0.25) is 0 Å². The summed E-state index contributed by atoms with van der Waals surface area (Å²) >= 11 is 0. The molecule has 6 heteroatoms. The molecule has 78 valence electrons. The predicted molar refractivity (Wildman–Crippen MR) is 54.3 cm³/mol. The van der Waals surface area contributed by atoms with Gasteiger partial charge < -0.3 is 10.2 Å². The molecule has 1 rings (SSSR count). The molecule has 6 nitrogen and oxygen atoms in total. The lowest BCUT2D eigenvalue weighted by atomic mass is 10.4. The molecule has 0 aliphatic carbocycles. The summed E-state index contributed by atoms with van der Waals surface area (Å²) in [6.07, 6.45) is 2.50. The van der Waals surface area contributed by atoms with Gasteiger partial charge in [0.15, 0.2) is 5.82 Å². The number of aromatic amines is 1. The molecule has 1 heterocycles. The fourth-order valence-electron chi connectivity index (χ4n) is 1.01. The highest BCUT2D eigenvalue weighted by molar-refractivity contribution is 5.28. The van der Waals surface area contributed by atoms with Gasteiger partial charge in [0.2, 0.25) is 0 Å². The average Bonchev–Trinajstić information content (AvgIpc) is 2.12. The minimum atomic E-state index is -0.428. The Labute approximate surface area is 82.4 Å². The Bertz CT molecular complexity index is 322. The van der Waals surface area contributed by atoms with Crippen molar-refractivity contribution in [2.75, 3.05) is 32.5 Å². The van der Waals surface area contributed by atoms with Crippen molar-refractivity contribution in [1.29, 1.82) is 0 Å². The van der Waals surface area contributed by atoms with Gasteiger partial charge in [0.05, 0.1) is 6.20 Å². The van der Waals surface area contributed by atoms with E-state index in [1.807, 2.05) is 14.1 Å². The maximum atomic E-state index is 10.8. The molecule has 2 N–H and O–H groups in total. The van der Waals surface area contributed by atoms with E-state index in [4.69, 9.17) is 0 Å². The zero-order valence-corrected chi connectivity index (χ0v) is 8.45. The van der Waals surface area contributed by atoms with Crippen LogP contribution in [0.3, 0.4) is 0 Å². The largest absolute Gasteiger partial charge is 0.369 e. The van der Waals surface area contributed by atoms with Crippen LogP contribution in [-0.4, -0.2) is 47.3 Å². The van der Waals surface area contributed by atoms with E-state index in [-0.39, 0.29) is 0 Å². The molecule has 0 radical (unpaired) electrons. The maximum absolute atomic E-state index is 10.8. The Balaban J connectivity index is 2.28. The first-order valence-corrected chi connectivity index (χ1v) is 4.49. The first kappa shape index (κ1) is 10.6. The standard InChI is InChI=1S/C8H15N5O/c1-13(2)5-3-4-9-7-6-10-12-8(14)11-7/h6H,3-5H2,1-2H3,(H2,9,11,12,14). The van der Waals surface area contributed by atoms with E-state index in [1.165, 1.54) is 6.20 Å². The van der Waals surface area contributed by atoms with Crippen LogP contribution in [0.15, 0.2) is 11.0 Å². The molecule has 0 unspecified atom stereocenters. The average molecular weight is 197 g/mol. The molecule has 0 aliphatic heterocycles. The van der Waals surface area contributed by atoms with Gasteiger partial charge in [-0.2, -0.15) is 10.1 Å². The van der Waals surface area contributed by atoms with Crippen LogP contribution in [0.4, 0.5) is 5.82 Å². The summed E-state index contributed by atoms with van der Waals surface area (Å²) in [4.78, 5) is 16.5. The Morgan fingerprint density at radius 2 is 2.36 bits per heavy atom. The van der Waals surface area contributed by atoms with Crippen molar-refractivity contribution in [3.8, 4) is 0 Å². The summed E-state index contributed by atoms with van der Waals surface area (Å²) < 4.78 is 0. The van der Waals surface area contributed by atoms with Crippen LogP contribution < -0.4 is 11.0 Å². The number of hydrogen-bond donors (Lipinski definition) is 2. The van der Waals surface area contributed by atoms with E-state index in [9.17, 15) is 4.79 Å². The summed E-state index contributed by atoms with van der Waals surface area (Å²) in [5.41, 5.74) is -0.428. The van der Waals surface area contributed by atoms with Crippen molar-refractivity contribution in [1.82, 2.24) is 20.1 Å². The third-order valence-electron chi connectivity index (χ3n) is 1.66. The van der Waals surface area contributed by atoms with Crippen molar-refractivity contribution in [3.63, 3.8) is 0 Å². The van der Waals surface area contributed by atoms with Gasteiger partial charge in [-0.25, -0.2) is 9.89 Å². The van der Waals surface area contributed by atoms with Gasteiger partial charge in [0, 0.05) is 6.54 Å². The fourth-order valence-corrected chi connectivity index (χ4v) is 1.01. The lowest BCUT2D eigenvalue weighted by Gasteiger charge is -2.09. The molecule has 1 aromatic heterocycles. The van der Waals surface area contributed by atoms with Crippen LogP contribution in [0.25, 0.3) is 0 Å². The Hall–Kier alpha value is -1.43. The van der Waals surface area contributed by atoms with E-state index < -0.39 is 5.69 Å². The number of nitrogens with one attached hydrogen (secondary N) is 2. The van der Waals surface area contributed by atoms with E-state index in [0.29, 0.717) is 5.82 Å². The summed E-state index contributed by atoms with van der Waals surface area (Å²) in [6.45, 7) is 1.79. The molecular formula is C8H15N5O. The predicted octanol–water partition coefficient (Wildman–Crippen LogP) is -0.471. The second-order valence-corrected chi connectivity index (χ2v) is 3.26. The highest BCUT2D eigenvalue weighted by atomic mass is 16.1. The van der Waals surface area contributed by atoms with Gasteiger partial charge in [-0.05, 0) is 27.1 Å². The van der Waals surface area contributed by atoms with Gasteiger partial charge in [0.1, 0.15) is 0 Å². The van der Waals surface area contributed by atoms with Crippen molar-refractivity contribution < 1.29 is 0 Å². The quantitative estimate of drug-likeness (QED) is 0.624. The van der Waals surface area contributed by atoms with E-state index >= 15 is 0 Å². The molecule has 0 aromatic carbocycles. The molecule has 14 heavy (non-hydrogen) atoms. The van der Waals surface area contributed by atoms with E-state index in [1.54, 1.807) is 0 Å². The molecule has 0 bridgehead atoms. The number of H-pyrrole nitrogens is 1. The summed E-state index contributed by atoms with van der Waals surface area (Å²) in [5.74, 6) is 0.521. The highest BCUT2D eigenvalue weighted by Gasteiger charge is 1.94. The Morgan fingerprint density at radius 3 is 3.00 bits per heavy atom. The molecule has 0 aliphatic rings. The molecule has 0 saturated carbocycles. The summed E-state index contributed by atoms with van der Waals surface area (Å²) in [6, 6.07) is 0. The van der Waals surface area contributed by atoms with E-state index in [2.05, 4.69) is 25.4 Å². The van der Waals surface area contributed by atoms with Crippen LogP contribution in [-0.2, 0) is 0 Å². The second-order valence-electron chi connectivity index (χ2n) is 3.26. The van der Waals surface area contributed by atoms with Crippen LogP contribution in [0.1, 0.15) is 6.42 Å². The van der Waals surface area contributed by atoms with Gasteiger partial charge in [-0.15, -0.1) is 0 Å². The Morgan fingerprint density at radius 1 is 1.57 bits per heavy atom. The molecule has 0 saturated heterocycles. The number of rotatable bonds is 5. The van der Waals surface area contributed by atoms with Crippen molar-refractivity contribution >= 4 is 5.82 Å². The minimum Gasteiger partial charge on any atom is -0.369 e. The van der Waals surface area contributed by atoms with Gasteiger partial charge in [0.25, 0.3) is 0 Å². The maximum Gasteiger partial charge on any atom is 0.363 e. The summed E-state index contributed by atoms with van der Waals surface area (Å²) in [5, 5.41) is 8.86. The number of aromatic nitrogens is 3. The number of nitrogens with zero attached hydrogens (tertiary/aromatic N) is 3. The van der Waals surface area contributed by atoms with Crippen LogP contribution >= 0.6 is 0 Å².